The Morgan fingerprint density at radius 1 is 1.52 bits per heavy atom. The van der Waals surface area contributed by atoms with Gasteiger partial charge in [0.2, 0.25) is 0 Å². The summed E-state index contributed by atoms with van der Waals surface area (Å²) in [7, 11) is -3.13. The highest BCUT2D eigenvalue weighted by Crippen LogP contribution is 2.28. The van der Waals surface area contributed by atoms with E-state index in [0.29, 0.717) is 6.42 Å². The number of nitrogens with zero attached hydrogens (tertiary/aromatic N) is 1. The molecule has 1 aliphatic rings. The molecule has 1 heterocycles. The van der Waals surface area contributed by atoms with Gasteiger partial charge in [-0.2, -0.15) is 0 Å². The van der Waals surface area contributed by atoms with Gasteiger partial charge in [0.1, 0.15) is 5.75 Å². The summed E-state index contributed by atoms with van der Waals surface area (Å²) >= 11 is 5.85. The Balaban J connectivity index is 1.94. The largest absolute Gasteiger partial charge is 0.482 e. The molecule has 0 aliphatic carbocycles. The van der Waals surface area contributed by atoms with Crippen LogP contribution >= 0.6 is 11.6 Å². The van der Waals surface area contributed by atoms with Crippen LogP contribution < -0.4 is 10.1 Å². The third-order valence-electron chi connectivity index (χ3n) is 3.43. The fourth-order valence-corrected chi connectivity index (χ4v) is 4.67. The lowest BCUT2D eigenvalue weighted by molar-refractivity contribution is -0.384. The number of carbonyl (C=O) groups is 1. The molecule has 1 N–H and O–H groups in total. The lowest BCUT2D eigenvalue weighted by atomic mass is 10.0. The van der Waals surface area contributed by atoms with Crippen molar-refractivity contribution < 1.29 is 22.9 Å². The minimum Gasteiger partial charge on any atom is -0.482 e. The summed E-state index contributed by atoms with van der Waals surface area (Å²) in [6.07, 6.45) is 0.347. The fourth-order valence-electron chi connectivity index (χ4n) is 2.35. The predicted octanol–water partition coefficient (Wildman–Crippen LogP) is 1.32. The summed E-state index contributed by atoms with van der Waals surface area (Å²) in [6, 6.07) is 3.64. The molecule has 0 radical (unpaired) electrons. The topological polar surface area (TPSA) is 116 Å². The first-order valence-corrected chi connectivity index (χ1v) is 8.88. The Labute approximate surface area is 137 Å². The number of nitro groups is 1. The molecule has 0 aromatic heterocycles. The SMILES string of the molecule is C[C@]1(NC(=O)COc2ccc([N+](=O)[O-])cc2Cl)CCS(=O)(=O)C1. The normalized spacial score (nSPS) is 22.5. The second-order valence-electron chi connectivity index (χ2n) is 5.61. The molecule has 0 unspecified atom stereocenters. The van der Waals surface area contributed by atoms with Crippen molar-refractivity contribution in [3.05, 3.63) is 33.3 Å². The van der Waals surface area contributed by atoms with E-state index in [-0.39, 0.29) is 34.6 Å². The third-order valence-corrected chi connectivity index (χ3v) is 5.63. The average Bonchev–Trinajstić information content (AvgIpc) is 2.70. The maximum atomic E-state index is 11.9. The smallest absolute Gasteiger partial charge is 0.271 e. The Kier molecular flexibility index (Phi) is 4.81. The number of amides is 1. The van der Waals surface area contributed by atoms with Crippen molar-refractivity contribution in [3.8, 4) is 5.75 Å². The summed E-state index contributed by atoms with van der Waals surface area (Å²) in [6.45, 7) is 1.29. The third kappa shape index (κ3) is 4.55. The van der Waals surface area contributed by atoms with Gasteiger partial charge in [0, 0.05) is 12.1 Å². The van der Waals surface area contributed by atoms with Crippen molar-refractivity contribution in [2.45, 2.75) is 18.9 Å². The van der Waals surface area contributed by atoms with Gasteiger partial charge in [-0.05, 0) is 19.4 Å². The zero-order valence-electron chi connectivity index (χ0n) is 12.2. The number of rotatable bonds is 5. The lowest BCUT2D eigenvalue weighted by Crippen LogP contribution is -2.48. The molecular weight excluding hydrogens is 348 g/mol. The van der Waals surface area contributed by atoms with Crippen LogP contribution in [0.3, 0.4) is 0 Å². The number of hydrogen-bond acceptors (Lipinski definition) is 6. The molecule has 0 saturated carbocycles. The summed E-state index contributed by atoms with van der Waals surface area (Å²) < 4.78 is 28.2. The first kappa shape index (κ1) is 17.5. The van der Waals surface area contributed by atoms with E-state index < -0.39 is 26.2 Å². The predicted molar refractivity (Wildman–Crippen MR) is 83.4 cm³/mol. The van der Waals surface area contributed by atoms with Crippen molar-refractivity contribution in [1.29, 1.82) is 0 Å². The van der Waals surface area contributed by atoms with Gasteiger partial charge in [0.15, 0.2) is 16.4 Å². The molecule has 8 nitrogen and oxygen atoms in total. The molecule has 0 spiro atoms. The van der Waals surface area contributed by atoms with Gasteiger partial charge in [-0.15, -0.1) is 0 Å². The maximum Gasteiger partial charge on any atom is 0.271 e. The maximum absolute atomic E-state index is 11.9. The van der Waals surface area contributed by atoms with Crippen LogP contribution in [0.2, 0.25) is 5.02 Å². The Hall–Kier alpha value is -1.87. The second kappa shape index (κ2) is 6.32. The molecule has 10 heteroatoms. The summed E-state index contributed by atoms with van der Waals surface area (Å²) in [5, 5.41) is 13.3. The molecular formula is C13H15ClN2O6S. The van der Waals surface area contributed by atoms with Gasteiger partial charge in [0.25, 0.3) is 11.6 Å². The quantitative estimate of drug-likeness (QED) is 0.623. The number of sulfone groups is 1. The molecule has 0 bridgehead atoms. The Morgan fingerprint density at radius 2 is 2.22 bits per heavy atom. The second-order valence-corrected chi connectivity index (χ2v) is 8.20. The van der Waals surface area contributed by atoms with E-state index in [1.165, 1.54) is 12.1 Å². The molecule has 2 rings (SSSR count). The highest BCUT2D eigenvalue weighted by Gasteiger charge is 2.39. The number of halogens is 1. The first-order chi connectivity index (χ1) is 10.6. The highest BCUT2D eigenvalue weighted by atomic mass is 35.5. The highest BCUT2D eigenvalue weighted by molar-refractivity contribution is 7.91. The fraction of sp³-hybridized carbons (Fsp3) is 0.462. The van der Waals surface area contributed by atoms with Crippen LogP contribution in [0, 0.1) is 10.1 Å². The van der Waals surface area contributed by atoms with E-state index >= 15 is 0 Å². The monoisotopic (exact) mass is 362 g/mol. The van der Waals surface area contributed by atoms with Crippen molar-refractivity contribution in [2.75, 3.05) is 18.1 Å². The zero-order valence-corrected chi connectivity index (χ0v) is 13.8. The van der Waals surface area contributed by atoms with Crippen molar-refractivity contribution in [1.82, 2.24) is 5.32 Å². The molecule has 1 aromatic carbocycles. The Morgan fingerprint density at radius 3 is 2.74 bits per heavy atom. The molecule has 1 aliphatic heterocycles. The lowest BCUT2D eigenvalue weighted by Gasteiger charge is -2.23. The van der Waals surface area contributed by atoms with Crippen molar-refractivity contribution in [3.63, 3.8) is 0 Å². The molecule has 23 heavy (non-hydrogen) atoms. The molecule has 1 amide bonds. The van der Waals surface area contributed by atoms with Gasteiger partial charge in [0.05, 0.1) is 27.0 Å². The Bertz CT molecular complexity index is 751. The number of nitrogens with one attached hydrogen (secondary N) is 1. The molecule has 1 saturated heterocycles. The van der Waals surface area contributed by atoms with E-state index in [1.807, 2.05) is 0 Å². The zero-order chi connectivity index (χ0) is 17.3. The van der Waals surface area contributed by atoms with Crippen LogP contribution in [0.25, 0.3) is 0 Å². The van der Waals surface area contributed by atoms with Gasteiger partial charge in [-0.3, -0.25) is 14.9 Å². The summed E-state index contributed by atoms with van der Waals surface area (Å²) in [5.74, 6) is -0.418. The van der Waals surface area contributed by atoms with Crippen LogP contribution in [0.1, 0.15) is 13.3 Å². The molecule has 1 aromatic rings. The van der Waals surface area contributed by atoms with E-state index in [0.717, 1.165) is 6.07 Å². The minimum atomic E-state index is -3.13. The van der Waals surface area contributed by atoms with Crippen LogP contribution in [-0.4, -0.2) is 42.9 Å². The minimum absolute atomic E-state index is 0.0154. The molecule has 1 fully saturated rings. The number of benzene rings is 1. The van der Waals surface area contributed by atoms with E-state index in [1.54, 1.807) is 6.92 Å². The van der Waals surface area contributed by atoms with Crippen LogP contribution in [-0.2, 0) is 14.6 Å². The first-order valence-electron chi connectivity index (χ1n) is 6.68. The number of non-ortho nitro benzene ring substituents is 1. The molecule has 126 valence electrons. The van der Waals surface area contributed by atoms with Crippen LogP contribution in [0.15, 0.2) is 18.2 Å². The number of hydrogen-bond donors (Lipinski definition) is 1. The van der Waals surface area contributed by atoms with E-state index in [4.69, 9.17) is 16.3 Å². The summed E-state index contributed by atoms with van der Waals surface area (Å²) in [4.78, 5) is 21.9. The number of nitro benzene ring substituents is 1. The number of carbonyl (C=O) groups excluding carboxylic acids is 1. The van der Waals surface area contributed by atoms with E-state index in [9.17, 15) is 23.3 Å². The van der Waals surface area contributed by atoms with Gasteiger partial charge >= 0.3 is 0 Å². The van der Waals surface area contributed by atoms with Crippen LogP contribution in [0.5, 0.6) is 5.75 Å². The van der Waals surface area contributed by atoms with Crippen molar-refractivity contribution >= 4 is 33.0 Å². The standard InChI is InChI=1S/C13H15ClN2O6S/c1-13(4-5-23(20,21)8-13)15-12(17)7-22-11-3-2-9(16(18)19)6-10(11)14/h2-3,6H,4-5,7-8H2,1H3,(H,15,17)/t13-/m0/s1. The van der Waals surface area contributed by atoms with E-state index in [2.05, 4.69) is 5.32 Å². The number of ether oxygens (including phenoxy) is 1. The van der Waals surface area contributed by atoms with Gasteiger partial charge < -0.3 is 10.1 Å². The van der Waals surface area contributed by atoms with Gasteiger partial charge in [-0.1, -0.05) is 11.6 Å². The average molecular weight is 363 g/mol. The molecule has 1 atom stereocenters. The van der Waals surface area contributed by atoms with Gasteiger partial charge in [-0.25, -0.2) is 8.42 Å². The summed E-state index contributed by atoms with van der Waals surface area (Å²) in [5.41, 5.74) is -0.992. The van der Waals surface area contributed by atoms with Crippen LogP contribution in [0.4, 0.5) is 5.69 Å². The van der Waals surface area contributed by atoms with Crippen molar-refractivity contribution in [2.24, 2.45) is 0 Å².